The van der Waals surface area contributed by atoms with E-state index in [-0.39, 0.29) is 13.1 Å². The second-order valence-electron chi connectivity index (χ2n) is 7.43. The van der Waals surface area contributed by atoms with Gasteiger partial charge in [0, 0.05) is 0 Å². The van der Waals surface area contributed by atoms with Crippen LogP contribution in [-0.2, 0) is 13.1 Å². The number of hydrogen-bond acceptors (Lipinski definition) is 3. The Balaban J connectivity index is 0.00000107. The number of aryl methyl sites for hydroxylation is 4. The Kier molecular flexibility index (Phi) is 9.92. The van der Waals surface area contributed by atoms with Crippen LogP contribution in [0.15, 0.2) is 64.6 Å². The molecule has 0 aliphatic heterocycles. The molecule has 0 atom stereocenters. The Morgan fingerprint density at radius 3 is 1.48 bits per heavy atom. The van der Waals surface area contributed by atoms with Crippen molar-refractivity contribution in [1.82, 2.24) is 4.98 Å². The molecule has 164 valence electrons. The van der Waals surface area contributed by atoms with Gasteiger partial charge in [0.1, 0.15) is 0 Å². The molecule has 0 saturated carbocycles. The fraction of sp³-hybridized carbons (Fsp3) is 0.240. The Bertz CT molecular complexity index is 1020. The number of aromatic nitrogens is 1. The van der Waals surface area contributed by atoms with Crippen molar-refractivity contribution in [1.29, 1.82) is 0 Å². The molecule has 0 N–H and O–H groups in total. The van der Waals surface area contributed by atoms with Crippen LogP contribution in [-0.4, -0.2) is 16.4 Å². The standard InChI is InChI=1S/C25H27N3.2ClH.Fe/c1-16-10-12-18(3)24(14-16)26-20(5)22-8-7-9-23(28-22)21(6)27-25-15-17(2)11-13-19(25)4;;;/h7-15H,1-6H3;2*1H;/q;;;+2/p-2. The summed E-state index contributed by atoms with van der Waals surface area (Å²) in [5.41, 5.74) is 10.2. The number of rotatable bonds is 4. The van der Waals surface area contributed by atoms with E-state index >= 15 is 0 Å². The van der Waals surface area contributed by atoms with E-state index in [1.165, 1.54) is 11.1 Å². The molecule has 3 aromatic rings. The first-order valence-electron chi connectivity index (χ1n) is 9.83. The predicted molar refractivity (Wildman–Crippen MR) is 132 cm³/mol. The van der Waals surface area contributed by atoms with Crippen LogP contribution in [0, 0.1) is 27.7 Å². The van der Waals surface area contributed by atoms with Crippen LogP contribution in [0.5, 0.6) is 0 Å². The molecule has 0 aliphatic rings. The first-order valence-corrected chi connectivity index (χ1v) is 12.9. The summed E-state index contributed by atoms with van der Waals surface area (Å²) in [4.78, 5) is 14.4. The molecule has 31 heavy (non-hydrogen) atoms. The molecule has 0 fully saturated rings. The van der Waals surface area contributed by atoms with Crippen LogP contribution in [0.4, 0.5) is 11.4 Å². The molecular weight excluding hydrogens is 469 g/mol. The molecule has 1 aromatic heterocycles. The number of nitrogens with zero attached hydrogens (tertiary/aromatic N) is 3. The molecule has 0 radical (unpaired) electrons. The van der Waals surface area contributed by atoms with E-state index in [4.69, 9.17) is 35.2 Å². The number of pyridine rings is 1. The minimum absolute atomic E-state index is 0.194. The first-order chi connectivity index (χ1) is 14.7. The van der Waals surface area contributed by atoms with Gasteiger partial charge in [0.15, 0.2) is 0 Å². The van der Waals surface area contributed by atoms with Crippen LogP contribution in [0.2, 0.25) is 0 Å². The van der Waals surface area contributed by atoms with Crippen molar-refractivity contribution in [3.63, 3.8) is 0 Å². The Hall–Kier alpha value is -1.97. The van der Waals surface area contributed by atoms with Crippen molar-refractivity contribution in [3.05, 3.63) is 88.2 Å². The van der Waals surface area contributed by atoms with Gasteiger partial charge in [-0.1, -0.05) is 30.3 Å². The summed E-state index contributed by atoms with van der Waals surface area (Å²) in [6.45, 7) is 12.3. The zero-order valence-electron chi connectivity index (χ0n) is 18.6. The van der Waals surface area contributed by atoms with Crippen LogP contribution in [0.25, 0.3) is 0 Å². The van der Waals surface area contributed by atoms with Crippen molar-refractivity contribution in [3.8, 4) is 0 Å². The molecule has 2 aromatic carbocycles. The van der Waals surface area contributed by atoms with Gasteiger partial charge in [0.05, 0.1) is 34.2 Å². The zero-order valence-corrected chi connectivity index (χ0v) is 21.3. The maximum absolute atomic E-state index is 4.81. The normalized spacial score (nSPS) is 11.9. The number of benzene rings is 2. The molecular formula is C25H27Cl2FeN3. The SMILES string of the molecule is CC(=Nc1cc(C)ccc1C)c1cccc(C(C)=Nc2cc(C)ccc2C)n1.[Cl][Fe][Cl]. The fourth-order valence-corrected chi connectivity index (χ4v) is 2.99. The third-order valence-electron chi connectivity index (χ3n) is 4.80. The summed E-state index contributed by atoms with van der Waals surface area (Å²) < 4.78 is 0. The maximum atomic E-state index is 4.81. The molecule has 0 aliphatic carbocycles. The molecule has 0 amide bonds. The van der Waals surface area contributed by atoms with Gasteiger partial charge in [-0.3, -0.25) is 9.98 Å². The Morgan fingerprint density at radius 1 is 0.710 bits per heavy atom. The van der Waals surface area contributed by atoms with E-state index in [1.807, 2.05) is 32.0 Å². The summed E-state index contributed by atoms with van der Waals surface area (Å²) in [6, 6.07) is 18.6. The molecule has 0 bridgehead atoms. The second-order valence-corrected chi connectivity index (χ2v) is 9.26. The zero-order chi connectivity index (χ0) is 23.0. The van der Waals surface area contributed by atoms with Gasteiger partial charge in [0.2, 0.25) is 0 Å². The predicted octanol–water partition coefficient (Wildman–Crippen LogP) is 7.97. The molecule has 1 heterocycles. The van der Waals surface area contributed by atoms with E-state index in [9.17, 15) is 0 Å². The third kappa shape index (κ3) is 7.59. The summed E-state index contributed by atoms with van der Waals surface area (Å²) >= 11 is 0.194. The van der Waals surface area contributed by atoms with Gasteiger partial charge in [0.25, 0.3) is 0 Å². The average Bonchev–Trinajstić information content (AvgIpc) is 2.74. The minimum atomic E-state index is 0.194. The van der Waals surface area contributed by atoms with Gasteiger partial charge in [-0.05, 0) is 88.1 Å². The molecule has 0 spiro atoms. The summed E-state index contributed by atoms with van der Waals surface area (Å²) in [5, 5.41) is 0. The van der Waals surface area contributed by atoms with Gasteiger partial charge in [-0.15, -0.1) is 0 Å². The van der Waals surface area contributed by atoms with Crippen LogP contribution in [0.1, 0.15) is 47.5 Å². The fourth-order valence-electron chi connectivity index (χ4n) is 2.99. The van der Waals surface area contributed by atoms with Crippen molar-refractivity contribution in [2.24, 2.45) is 9.98 Å². The van der Waals surface area contributed by atoms with Crippen molar-refractivity contribution >= 4 is 43.0 Å². The molecule has 3 nitrogen and oxygen atoms in total. The monoisotopic (exact) mass is 495 g/mol. The van der Waals surface area contributed by atoms with Gasteiger partial charge in [-0.2, -0.15) is 0 Å². The summed E-state index contributed by atoms with van der Waals surface area (Å²) in [7, 11) is 9.53. The Morgan fingerprint density at radius 2 is 1.10 bits per heavy atom. The van der Waals surface area contributed by atoms with Gasteiger partial charge in [-0.25, -0.2) is 4.98 Å². The van der Waals surface area contributed by atoms with Gasteiger partial charge < -0.3 is 0 Å². The summed E-state index contributed by atoms with van der Waals surface area (Å²) in [5.74, 6) is 0. The topological polar surface area (TPSA) is 37.6 Å². The van der Waals surface area contributed by atoms with E-state index in [0.717, 1.165) is 45.3 Å². The summed E-state index contributed by atoms with van der Waals surface area (Å²) in [6.07, 6.45) is 0. The van der Waals surface area contributed by atoms with Crippen LogP contribution >= 0.6 is 20.2 Å². The van der Waals surface area contributed by atoms with Crippen molar-refractivity contribution in [2.45, 2.75) is 41.5 Å². The van der Waals surface area contributed by atoms with E-state index in [0.29, 0.717) is 0 Å². The van der Waals surface area contributed by atoms with Crippen molar-refractivity contribution < 1.29 is 13.1 Å². The average molecular weight is 496 g/mol. The van der Waals surface area contributed by atoms with E-state index in [2.05, 4.69) is 64.1 Å². The quantitative estimate of drug-likeness (QED) is 0.267. The number of aliphatic imine (C=N–C) groups is 2. The Labute approximate surface area is 200 Å². The molecule has 0 saturated heterocycles. The third-order valence-corrected chi connectivity index (χ3v) is 4.80. The van der Waals surface area contributed by atoms with Crippen LogP contribution < -0.4 is 0 Å². The van der Waals surface area contributed by atoms with Crippen molar-refractivity contribution in [2.75, 3.05) is 0 Å². The van der Waals surface area contributed by atoms with E-state index < -0.39 is 0 Å². The molecule has 0 unspecified atom stereocenters. The number of halogens is 2. The number of hydrogen-bond donors (Lipinski definition) is 0. The second kappa shape index (κ2) is 12.2. The molecule has 3 rings (SSSR count). The molecule has 6 heteroatoms. The van der Waals surface area contributed by atoms with E-state index in [1.54, 1.807) is 0 Å². The van der Waals surface area contributed by atoms with Crippen LogP contribution in [0.3, 0.4) is 0 Å². The first kappa shape index (κ1) is 25.3. The van der Waals surface area contributed by atoms with Gasteiger partial charge >= 0.3 is 33.3 Å².